The van der Waals surface area contributed by atoms with Crippen LogP contribution in [0, 0.1) is 5.92 Å². The van der Waals surface area contributed by atoms with Gasteiger partial charge in [-0.1, -0.05) is 44.2 Å². The van der Waals surface area contributed by atoms with Gasteiger partial charge in [0.05, 0.1) is 12.6 Å². The molecular formula is C19H27IN2O. The van der Waals surface area contributed by atoms with Crippen molar-refractivity contribution in [3.8, 4) is 0 Å². The average molecular weight is 426 g/mol. The van der Waals surface area contributed by atoms with Crippen molar-refractivity contribution in [2.24, 2.45) is 10.9 Å². The van der Waals surface area contributed by atoms with Crippen LogP contribution in [0.2, 0.25) is 0 Å². The van der Waals surface area contributed by atoms with E-state index in [0.717, 1.165) is 18.7 Å². The number of allylic oxidation sites excluding steroid dienone is 1. The number of methoxy groups -OCH3 is 1. The second kappa shape index (κ2) is 8.83. The fourth-order valence-corrected chi connectivity index (χ4v) is 3.29. The van der Waals surface area contributed by atoms with E-state index in [-0.39, 0.29) is 6.04 Å². The van der Waals surface area contributed by atoms with E-state index in [1.165, 1.54) is 9.14 Å². The highest BCUT2D eigenvalue weighted by molar-refractivity contribution is 14.1. The summed E-state index contributed by atoms with van der Waals surface area (Å²) in [6, 6.07) is 11.1. The summed E-state index contributed by atoms with van der Waals surface area (Å²) in [7, 11) is 1.75. The Kier molecular flexibility index (Phi) is 7.09. The molecular weight excluding hydrogens is 399 g/mol. The lowest BCUT2D eigenvalue weighted by molar-refractivity contribution is 0.164. The fraction of sp³-hybridized carbons (Fsp3) is 0.526. The highest BCUT2D eigenvalue weighted by atomic mass is 127. The molecule has 0 bridgehead atoms. The standard InChI is InChI=1S/C19H27IN2O/c1-14(2)18(13-23-4)21-19(16-8-6-5-7-9-16)22-12-17(20)11-10-15(22)3/h5-9,12,14-15,18H,10-11,13H2,1-4H3/t15-,18-/m1/s1. The quantitative estimate of drug-likeness (QED) is 0.382. The van der Waals surface area contributed by atoms with E-state index in [1.807, 2.05) is 0 Å². The zero-order valence-electron chi connectivity index (χ0n) is 14.5. The Morgan fingerprint density at radius 1 is 1.35 bits per heavy atom. The van der Waals surface area contributed by atoms with Crippen molar-refractivity contribution in [3.05, 3.63) is 45.7 Å². The van der Waals surface area contributed by atoms with Gasteiger partial charge in [0.25, 0.3) is 0 Å². The number of ether oxygens (including phenoxy) is 1. The van der Waals surface area contributed by atoms with Gasteiger partial charge in [-0.25, -0.2) is 0 Å². The lowest BCUT2D eigenvalue weighted by atomic mass is 10.0. The first kappa shape index (κ1) is 18.5. The summed E-state index contributed by atoms with van der Waals surface area (Å²) < 4.78 is 6.78. The minimum absolute atomic E-state index is 0.162. The van der Waals surface area contributed by atoms with Crippen LogP contribution >= 0.6 is 22.6 Å². The topological polar surface area (TPSA) is 24.8 Å². The van der Waals surface area contributed by atoms with Gasteiger partial charge in [0, 0.05) is 28.5 Å². The van der Waals surface area contributed by atoms with Crippen LogP contribution in [0.25, 0.3) is 0 Å². The molecule has 0 fully saturated rings. The molecule has 0 N–H and O–H groups in total. The number of halogens is 1. The van der Waals surface area contributed by atoms with E-state index in [0.29, 0.717) is 18.6 Å². The third-order valence-corrected chi connectivity index (χ3v) is 5.04. The fourth-order valence-electron chi connectivity index (χ4n) is 2.68. The molecule has 0 radical (unpaired) electrons. The Balaban J connectivity index is 2.45. The van der Waals surface area contributed by atoms with Gasteiger partial charge >= 0.3 is 0 Å². The van der Waals surface area contributed by atoms with Crippen LogP contribution in [-0.4, -0.2) is 36.5 Å². The number of hydrogen-bond acceptors (Lipinski definition) is 2. The van der Waals surface area contributed by atoms with Gasteiger partial charge in [0.15, 0.2) is 0 Å². The molecule has 1 aliphatic heterocycles. The Morgan fingerprint density at radius 2 is 2.04 bits per heavy atom. The predicted molar refractivity (Wildman–Crippen MR) is 106 cm³/mol. The molecule has 1 heterocycles. The molecule has 1 aromatic carbocycles. The molecule has 126 valence electrons. The van der Waals surface area contributed by atoms with E-state index >= 15 is 0 Å². The highest BCUT2D eigenvalue weighted by Gasteiger charge is 2.24. The average Bonchev–Trinajstić information content (AvgIpc) is 2.54. The van der Waals surface area contributed by atoms with Crippen molar-refractivity contribution in [1.82, 2.24) is 4.90 Å². The summed E-state index contributed by atoms with van der Waals surface area (Å²) in [6.45, 7) is 7.33. The van der Waals surface area contributed by atoms with Crippen molar-refractivity contribution in [2.75, 3.05) is 13.7 Å². The van der Waals surface area contributed by atoms with E-state index < -0.39 is 0 Å². The number of nitrogens with zero attached hydrogens (tertiary/aromatic N) is 2. The van der Waals surface area contributed by atoms with Crippen LogP contribution in [0.4, 0.5) is 0 Å². The molecule has 0 saturated heterocycles. The van der Waals surface area contributed by atoms with Crippen LogP contribution < -0.4 is 0 Å². The molecule has 0 aliphatic carbocycles. The van der Waals surface area contributed by atoms with Crippen LogP contribution in [-0.2, 0) is 4.74 Å². The summed E-state index contributed by atoms with van der Waals surface area (Å²) in [5, 5.41) is 0. The van der Waals surface area contributed by atoms with Crippen LogP contribution in [0.3, 0.4) is 0 Å². The maximum absolute atomic E-state index is 5.39. The lowest BCUT2D eigenvalue weighted by Crippen LogP contribution is -2.38. The summed E-state index contributed by atoms with van der Waals surface area (Å²) in [4.78, 5) is 7.45. The molecule has 3 nitrogen and oxygen atoms in total. The van der Waals surface area contributed by atoms with Gasteiger partial charge in [0.1, 0.15) is 5.84 Å². The maximum atomic E-state index is 5.39. The van der Waals surface area contributed by atoms with Gasteiger partial charge in [-0.2, -0.15) is 0 Å². The summed E-state index contributed by atoms with van der Waals surface area (Å²) in [5.74, 6) is 1.50. The van der Waals surface area contributed by atoms with E-state index in [1.54, 1.807) is 7.11 Å². The molecule has 0 amide bonds. The highest BCUT2D eigenvalue weighted by Crippen LogP contribution is 2.27. The first-order valence-corrected chi connectivity index (χ1v) is 9.37. The summed E-state index contributed by atoms with van der Waals surface area (Å²) in [6.07, 6.45) is 4.58. The number of hydrogen-bond donors (Lipinski definition) is 0. The van der Waals surface area contributed by atoms with Crippen molar-refractivity contribution < 1.29 is 4.74 Å². The SMILES string of the molecule is COC[C@@H](N=C(c1ccccc1)N1C=C(I)CC[C@H]1C)C(C)C. The van der Waals surface area contributed by atoms with Gasteiger partial charge < -0.3 is 9.64 Å². The molecule has 23 heavy (non-hydrogen) atoms. The third kappa shape index (κ3) is 5.05. The van der Waals surface area contributed by atoms with Crippen LogP contribution in [0.5, 0.6) is 0 Å². The van der Waals surface area contributed by atoms with Gasteiger partial charge in [0.2, 0.25) is 0 Å². The molecule has 0 unspecified atom stereocenters. The molecule has 0 aromatic heterocycles. The number of rotatable bonds is 5. The molecule has 1 aromatic rings. The molecule has 0 saturated carbocycles. The lowest BCUT2D eigenvalue weighted by Gasteiger charge is -2.34. The van der Waals surface area contributed by atoms with Crippen LogP contribution in [0.15, 0.2) is 45.1 Å². The van der Waals surface area contributed by atoms with Gasteiger partial charge in [-0.15, -0.1) is 0 Å². The predicted octanol–water partition coefficient (Wildman–Crippen LogP) is 4.86. The Bertz CT molecular complexity index is 554. The molecule has 2 rings (SSSR count). The smallest absolute Gasteiger partial charge is 0.135 e. The van der Waals surface area contributed by atoms with Gasteiger partial charge in [-0.3, -0.25) is 4.99 Å². The molecule has 0 spiro atoms. The zero-order valence-corrected chi connectivity index (χ0v) is 16.7. The molecule has 4 heteroatoms. The number of amidine groups is 1. The number of aliphatic imine (C=N–C) groups is 1. The largest absolute Gasteiger partial charge is 0.382 e. The summed E-state index contributed by atoms with van der Waals surface area (Å²) >= 11 is 2.44. The van der Waals surface area contributed by atoms with Crippen molar-refractivity contribution in [1.29, 1.82) is 0 Å². The normalized spacial score (nSPS) is 20.6. The minimum atomic E-state index is 0.162. The van der Waals surface area contributed by atoms with Crippen molar-refractivity contribution >= 4 is 28.4 Å². The molecule has 2 atom stereocenters. The Morgan fingerprint density at radius 3 is 2.65 bits per heavy atom. The second-order valence-corrected chi connectivity index (χ2v) is 7.84. The monoisotopic (exact) mass is 426 g/mol. The zero-order chi connectivity index (χ0) is 16.8. The van der Waals surface area contributed by atoms with E-state index in [9.17, 15) is 0 Å². The Labute approximate surface area is 154 Å². The second-order valence-electron chi connectivity index (χ2n) is 6.46. The van der Waals surface area contributed by atoms with Crippen molar-refractivity contribution in [2.45, 2.75) is 45.7 Å². The maximum Gasteiger partial charge on any atom is 0.135 e. The van der Waals surface area contributed by atoms with E-state index in [2.05, 4.69) is 84.8 Å². The number of benzene rings is 1. The third-order valence-electron chi connectivity index (χ3n) is 4.23. The van der Waals surface area contributed by atoms with Gasteiger partial charge in [-0.05, 0) is 48.3 Å². The minimum Gasteiger partial charge on any atom is -0.382 e. The van der Waals surface area contributed by atoms with Crippen molar-refractivity contribution in [3.63, 3.8) is 0 Å². The first-order valence-electron chi connectivity index (χ1n) is 8.29. The van der Waals surface area contributed by atoms with E-state index in [4.69, 9.17) is 9.73 Å². The first-order chi connectivity index (χ1) is 11.0. The summed E-state index contributed by atoms with van der Waals surface area (Å²) in [5.41, 5.74) is 1.17. The van der Waals surface area contributed by atoms with Crippen LogP contribution in [0.1, 0.15) is 39.2 Å². The Hall–Kier alpha value is -0.880. The molecule has 1 aliphatic rings.